The van der Waals surface area contributed by atoms with E-state index in [4.69, 9.17) is 4.74 Å². The second kappa shape index (κ2) is 5.79. The summed E-state index contributed by atoms with van der Waals surface area (Å²) in [6, 6.07) is 0. The van der Waals surface area contributed by atoms with Crippen LogP contribution in [0.15, 0.2) is 0 Å². The van der Waals surface area contributed by atoms with Gasteiger partial charge < -0.3 is 4.74 Å². The van der Waals surface area contributed by atoms with Crippen LogP contribution in [0.2, 0.25) is 0 Å². The van der Waals surface area contributed by atoms with Crippen LogP contribution in [-0.2, 0) is 14.9 Å². The fourth-order valence-corrected chi connectivity index (χ4v) is 2.92. The van der Waals surface area contributed by atoms with Crippen molar-refractivity contribution in [3.05, 3.63) is 0 Å². The predicted molar refractivity (Wildman–Crippen MR) is 58.8 cm³/mol. The molecule has 1 atom stereocenters. The largest absolute Gasteiger partial charge is 0.377 e. The lowest BCUT2D eigenvalue weighted by molar-refractivity contribution is 0.114. The molecular formula is C9H20N2O3S. The average Bonchev–Trinajstić information content (AvgIpc) is 2.69. The Morgan fingerprint density at radius 1 is 1.40 bits per heavy atom. The van der Waals surface area contributed by atoms with Gasteiger partial charge in [0.15, 0.2) is 0 Å². The van der Waals surface area contributed by atoms with Crippen molar-refractivity contribution in [1.29, 1.82) is 0 Å². The van der Waals surface area contributed by atoms with E-state index in [1.54, 1.807) is 0 Å². The average molecular weight is 236 g/mol. The Morgan fingerprint density at radius 2 is 2.07 bits per heavy atom. The second-order valence-corrected chi connectivity index (χ2v) is 5.33. The Morgan fingerprint density at radius 3 is 2.53 bits per heavy atom. The Kier molecular flexibility index (Phi) is 4.98. The summed E-state index contributed by atoms with van der Waals surface area (Å²) in [5.41, 5.74) is 0. The Labute approximate surface area is 92.0 Å². The molecule has 1 aliphatic rings. The van der Waals surface area contributed by atoms with Crippen LogP contribution in [0.5, 0.6) is 0 Å². The Balaban J connectivity index is 2.41. The van der Waals surface area contributed by atoms with Gasteiger partial charge in [0.1, 0.15) is 0 Å². The summed E-state index contributed by atoms with van der Waals surface area (Å²) in [6.07, 6.45) is 2.02. The molecule has 90 valence electrons. The molecule has 0 radical (unpaired) electrons. The van der Waals surface area contributed by atoms with E-state index in [1.807, 2.05) is 13.8 Å². The summed E-state index contributed by atoms with van der Waals surface area (Å²) < 4.78 is 32.7. The van der Waals surface area contributed by atoms with E-state index in [0.717, 1.165) is 19.4 Å². The molecule has 0 aromatic carbocycles. The summed E-state index contributed by atoms with van der Waals surface area (Å²) >= 11 is 0. The van der Waals surface area contributed by atoms with Gasteiger partial charge in [-0.3, -0.25) is 0 Å². The van der Waals surface area contributed by atoms with Crippen LogP contribution < -0.4 is 4.72 Å². The van der Waals surface area contributed by atoms with Gasteiger partial charge in [0.05, 0.1) is 6.10 Å². The van der Waals surface area contributed by atoms with Gasteiger partial charge in [0, 0.05) is 26.2 Å². The fraction of sp³-hybridized carbons (Fsp3) is 1.00. The molecule has 0 bridgehead atoms. The van der Waals surface area contributed by atoms with E-state index in [9.17, 15) is 8.42 Å². The Bertz CT molecular complexity index is 269. The second-order valence-electron chi connectivity index (χ2n) is 3.57. The third-order valence-corrected chi connectivity index (χ3v) is 4.29. The standard InChI is InChI=1S/C9H20N2O3S/c1-3-11(4-2)15(12,13)10-8-9-6-5-7-14-9/h9-10H,3-8H2,1-2H3. The minimum Gasteiger partial charge on any atom is -0.377 e. The summed E-state index contributed by atoms with van der Waals surface area (Å²) in [7, 11) is -3.31. The number of hydrogen-bond acceptors (Lipinski definition) is 3. The van der Waals surface area contributed by atoms with Gasteiger partial charge in [-0.05, 0) is 12.8 Å². The number of nitrogens with one attached hydrogen (secondary N) is 1. The maximum absolute atomic E-state index is 11.7. The molecule has 15 heavy (non-hydrogen) atoms. The van der Waals surface area contributed by atoms with Crippen LogP contribution in [-0.4, -0.2) is 45.1 Å². The molecule has 6 heteroatoms. The molecule has 0 spiro atoms. The first kappa shape index (κ1) is 12.9. The fourth-order valence-electron chi connectivity index (χ4n) is 1.66. The maximum atomic E-state index is 11.7. The van der Waals surface area contributed by atoms with Gasteiger partial charge in [-0.1, -0.05) is 13.8 Å². The first-order chi connectivity index (χ1) is 7.10. The molecule has 5 nitrogen and oxygen atoms in total. The zero-order valence-electron chi connectivity index (χ0n) is 9.40. The highest BCUT2D eigenvalue weighted by atomic mass is 32.2. The van der Waals surface area contributed by atoms with Crippen molar-refractivity contribution in [2.75, 3.05) is 26.2 Å². The number of nitrogens with zero attached hydrogens (tertiary/aromatic N) is 1. The molecule has 0 aromatic rings. The summed E-state index contributed by atoms with van der Waals surface area (Å²) in [6.45, 7) is 5.79. The molecule has 1 rings (SSSR count). The van der Waals surface area contributed by atoms with Crippen molar-refractivity contribution < 1.29 is 13.2 Å². The van der Waals surface area contributed by atoms with Gasteiger partial charge in [-0.25, -0.2) is 0 Å². The van der Waals surface area contributed by atoms with E-state index in [2.05, 4.69) is 4.72 Å². The van der Waals surface area contributed by atoms with Crippen LogP contribution >= 0.6 is 0 Å². The topological polar surface area (TPSA) is 58.6 Å². The van der Waals surface area contributed by atoms with Crippen molar-refractivity contribution in [3.63, 3.8) is 0 Å². The summed E-state index contributed by atoms with van der Waals surface area (Å²) in [5, 5.41) is 0. The third kappa shape index (κ3) is 3.71. The molecule has 1 fully saturated rings. The van der Waals surface area contributed by atoms with Crippen LogP contribution in [0.1, 0.15) is 26.7 Å². The third-order valence-electron chi connectivity index (χ3n) is 2.56. The summed E-state index contributed by atoms with van der Waals surface area (Å²) in [4.78, 5) is 0. The zero-order chi connectivity index (χ0) is 11.3. The highest BCUT2D eigenvalue weighted by Crippen LogP contribution is 2.11. The van der Waals surface area contributed by atoms with E-state index in [1.165, 1.54) is 4.31 Å². The lowest BCUT2D eigenvalue weighted by Gasteiger charge is -2.20. The Hall–Kier alpha value is -0.170. The normalized spacial score (nSPS) is 22.5. The molecule has 1 heterocycles. The first-order valence-electron chi connectivity index (χ1n) is 5.46. The van der Waals surface area contributed by atoms with Crippen LogP contribution in [0.4, 0.5) is 0 Å². The SMILES string of the molecule is CCN(CC)S(=O)(=O)NCC1CCCO1. The van der Waals surface area contributed by atoms with Gasteiger partial charge in [0.2, 0.25) is 0 Å². The molecule has 1 saturated heterocycles. The molecule has 1 unspecified atom stereocenters. The van der Waals surface area contributed by atoms with Crippen molar-refractivity contribution in [2.24, 2.45) is 0 Å². The number of rotatable bonds is 6. The molecule has 0 saturated carbocycles. The van der Waals surface area contributed by atoms with Gasteiger partial charge >= 0.3 is 0 Å². The van der Waals surface area contributed by atoms with Crippen LogP contribution in [0.3, 0.4) is 0 Å². The van der Waals surface area contributed by atoms with Gasteiger partial charge in [0.25, 0.3) is 10.2 Å². The van der Waals surface area contributed by atoms with Crippen molar-refractivity contribution >= 4 is 10.2 Å². The minimum atomic E-state index is -3.31. The molecule has 1 aliphatic heterocycles. The monoisotopic (exact) mass is 236 g/mol. The van der Waals surface area contributed by atoms with Crippen molar-refractivity contribution in [3.8, 4) is 0 Å². The van der Waals surface area contributed by atoms with Gasteiger partial charge in [-0.2, -0.15) is 17.4 Å². The number of hydrogen-bond donors (Lipinski definition) is 1. The van der Waals surface area contributed by atoms with Crippen molar-refractivity contribution in [2.45, 2.75) is 32.8 Å². The molecule has 0 aliphatic carbocycles. The highest BCUT2D eigenvalue weighted by molar-refractivity contribution is 7.87. The molecular weight excluding hydrogens is 216 g/mol. The lowest BCUT2D eigenvalue weighted by atomic mass is 10.2. The van der Waals surface area contributed by atoms with Crippen LogP contribution in [0, 0.1) is 0 Å². The van der Waals surface area contributed by atoms with E-state index < -0.39 is 10.2 Å². The van der Waals surface area contributed by atoms with Crippen LogP contribution in [0.25, 0.3) is 0 Å². The van der Waals surface area contributed by atoms with Gasteiger partial charge in [-0.15, -0.1) is 0 Å². The first-order valence-corrected chi connectivity index (χ1v) is 6.90. The lowest BCUT2D eigenvalue weighted by Crippen LogP contribution is -2.43. The van der Waals surface area contributed by atoms with E-state index in [0.29, 0.717) is 19.6 Å². The van der Waals surface area contributed by atoms with Crippen molar-refractivity contribution in [1.82, 2.24) is 9.03 Å². The predicted octanol–water partition coefficient (Wildman–Crippen LogP) is 0.342. The smallest absolute Gasteiger partial charge is 0.279 e. The molecule has 0 amide bonds. The van der Waals surface area contributed by atoms with E-state index >= 15 is 0 Å². The van der Waals surface area contributed by atoms with E-state index in [-0.39, 0.29) is 6.10 Å². The zero-order valence-corrected chi connectivity index (χ0v) is 10.2. The number of ether oxygens (including phenoxy) is 1. The quantitative estimate of drug-likeness (QED) is 0.723. The minimum absolute atomic E-state index is 0.0512. The highest BCUT2D eigenvalue weighted by Gasteiger charge is 2.22. The maximum Gasteiger partial charge on any atom is 0.279 e. The molecule has 1 N–H and O–H groups in total. The molecule has 0 aromatic heterocycles. The summed E-state index contributed by atoms with van der Waals surface area (Å²) in [5.74, 6) is 0.